The maximum atomic E-state index is 13.0. The van der Waals surface area contributed by atoms with E-state index in [9.17, 15) is 24.3 Å². The number of hydrogen-bond donors (Lipinski definition) is 4. The quantitative estimate of drug-likeness (QED) is 0.319. The number of rotatable bonds is 7. The van der Waals surface area contributed by atoms with Gasteiger partial charge in [0.15, 0.2) is 18.1 Å². The Morgan fingerprint density at radius 2 is 1.80 bits per heavy atom. The lowest BCUT2D eigenvalue weighted by atomic mass is 10.1. The van der Waals surface area contributed by atoms with Crippen molar-refractivity contribution in [1.29, 1.82) is 0 Å². The minimum Gasteiger partial charge on any atom is -0.493 e. The van der Waals surface area contributed by atoms with Crippen molar-refractivity contribution in [2.24, 2.45) is 0 Å². The topological polar surface area (TPSA) is 168 Å². The Kier molecular flexibility index (Phi) is 12.6. The summed E-state index contributed by atoms with van der Waals surface area (Å²) >= 11 is 0. The summed E-state index contributed by atoms with van der Waals surface area (Å²) in [6, 6.07) is 9.02. The third-order valence-corrected chi connectivity index (χ3v) is 7.63. The van der Waals surface area contributed by atoms with Crippen molar-refractivity contribution in [2.75, 3.05) is 72.8 Å². The second-order valence-electron chi connectivity index (χ2n) is 11.1. The molecule has 2 aromatic carbocycles. The fraction of sp³-hybridized carbons (Fsp3) is 0.500. The normalized spacial score (nSPS) is 19.5. The molecule has 2 aromatic rings. The monoisotopic (exact) mass is 641 g/mol. The molecule has 14 nitrogen and oxygen atoms in total. The first kappa shape index (κ1) is 34.5. The molecule has 4 rings (SSSR count). The molecule has 0 saturated carbocycles. The molecule has 2 heterocycles. The predicted octanol–water partition coefficient (Wildman–Crippen LogP) is -0.153. The highest BCUT2D eigenvalue weighted by Gasteiger charge is 2.27. The molecule has 4 N–H and O–H groups in total. The molecule has 0 unspecified atom stereocenters. The van der Waals surface area contributed by atoms with Crippen LogP contribution >= 0.6 is 0 Å². The molecule has 0 spiro atoms. The van der Waals surface area contributed by atoms with Gasteiger partial charge in [-0.3, -0.25) is 24.1 Å². The Hall–Kier alpha value is -4.40. The van der Waals surface area contributed by atoms with E-state index in [0.29, 0.717) is 50.1 Å². The number of benzene rings is 2. The number of carbonyl (C=O) groups excluding carboxylic acids is 4. The van der Waals surface area contributed by atoms with E-state index in [1.54, 1.807) is 35.2 Å². The maximum Gasteiger partial charge on any atom is 0.260 e. The van der Waals surface area contributed by atoms with Gasteiger partial charge in [-0.2, -0.15) is 0 Å². The van der Waals surface area contributed by atoms with Gasteiger partial charge < -0.3 is 44.9 Å². The number of morpholine rings is 1. The molecule has 0 aliphatic carbocycles. The highest BCUT2D eigenvalue weighted by molar-refractivity contribution is 5.98. The highest BCUT2D eigenvalue weighted by Crippen LogP contribution is 2.29. The van der Waals surface area contributed by atoms with Crippen molar-refractivity contribution in [3.8, 4) is 17.2 Å². The largest absolute Gasteiger partial charge is 0.493 e. The molecule has 46 heavy (non-hydrogen) atoms. The second kappa shape index (κ2) is 16.8. The molecule has 1 saturated heterocycles. The van der Waals surface area contributed by atoms with E-state index in [2.05, 4.69) is 16.0 Å². The lowest BCUT2D eigenvalue weighted by molar-refractivity contribution is -0.137. The zero-order valence-corrected chi connectivity index (χ0v) is 26.5. The molecule has 1 fully saturated rings. The van der Waals surface area contributed by atoms with Crippen LogP contribution in [-0.4, -0.2) is 123 Å². The van der Waals surface area contributed by atoms with Crippen LogP contribution in [0.5, 0.6) is 17.2 Å². The maximum absolute atomic E-state index is 13.0. The molecule has 2 bridgehead atoms. The van der Waals surface area contributed by atoms with Crippen LogP contribution in [0.15, 0.2) is 36.4 Å². The SMILES string of the molecule is COc1cc(CN2CCNC(=O)[C@H]([C@@H](C)O)NC(=O)c3ccc(C)c(c3)OCCNC(=O)C2)ccc1OCC(=O)N1CCOCC1. The zero-order valence-electron chi connectivity index (χ0n) is 26.5. The fourth-order valence-electron chi connectivity index (χ4n) is 5.03. The summed E-state index contributed by atoms with van der Waals surface area (Å²) in [5.74, 6) is -0.153. The third kappa shape index (κ3) is 9.80. The molecular formula is C32H43N5O9. The number of aliphatic hydroxyl groups excluding tert-OH is 1. The zero-order chi connectivity index (χ0) is 33.1. The second-order valence-corrected chi connectivity index (χ2v) is 11.1. The number of nitrogens with zero attached hydrogens (tertiary/aromatic N) is 2. The van der Waals surface area contributed by atoms with Crippen LogP contribution in [0, 0.1) is 6.92 Å². The van der Waals surface area contributed by atoms with E-state index in [-0.39, 0.29) is 56.8 Å². The summed E-state index contributed by atoms with van der Waals surface area (Å²) in [6.45, 7) is 6.37. The number of hydrogen-bond acceptors (Lipinski definition) is 10. The first-order chi connectivity index (χ1) is 22.1. The van der Waals surface area contributed by atoms with E-state index < -0.39 is 24.0 Å². The predicted molar refractivity (Wildman–Crippen MR) is 167 cm³/mol. The summed E-state index contributed by atoms with van der Waals surface area (Å²) in [5.41, 5.74) is 1.88. The molecule has 14 heteroatoms. The number of aliphatic hydroxyl groups is 1. The Balaban J connectivity index is 1.44. The van der Waals surface area contributed by atoms with E-state index in [4.69, 9.17) is 18.9 Å². The molecule has 250 valence electrons. The minimum absolute atomic E-state index is 0.0234. The summed E-state index contributed by atoms with van der Waals surface area (Å²) < 4.78 is 22.4. The van der Waals surface area contributed by atoms with Gasteiger partial charge in [0.2, 0.25) is 11.8 Å². The summed E-state index contributed by atoms with van der Waals surface area (Å²) in [7, 11) is 1.50. The van der Waals surface area contributed by atoms with Gasteiger partial charge in [0.05, 0.1) is 39.5 Å². The molecular weight excluding hydrogens is 598 g/mol. The van der Waals surface area contributed by atoms with Crippen molar-refractivity contribution >= 4 is 23.6 Å². The van der Waals surface area contributed by atoms with Gasteiger partial charge in [-0.1, -0.05) is 12.1 Å². The molecule has 2 aliphatic heterocycles. The Morgan fingerprint density at radius 1 is 1.02 bits per heavy atom. The van der Waals surface area contributed by atoms with Crippen molar-refractivity contribution in [3.05, 3.63) is 53.1 Å². The first-order valence-electron chi connectivity index (χ1n) is 15.3. The van der Waals surface area contributed by atoms with Crippen LogP contribution in [0.1, 0.15) is 28.4 Å². The summed E-state index contributed by atoms with van der Waals surface area (Å²) in [5, 5.41) is 18.5. The molecule has 2 aliphatic rings. The standard InChI is InChI=1S/C32H43N5O9/c1-21-4-6-24-17-26(21)45-13-9-33-28(39)19-36(10-8-34-32(42)30(22(2)38)35-31(24)41)18-23-5-7-25(27(16-23)43-3)46-20-29(40)37-11-14-44-15-12-37/h4-7,16-17,22,30,38H,8-15,18-20H2,1-3H3,(H,33,39)(H,34,42)(H,35,41)/t22-,30+/m1/s1. The Bertz CT molecular complexity index is 1380. The van der Waals surface area contributed by atoms with Crippen LogP contribution < -0.4 is 30.2 Å². The van der Waals surface area contributed by atoms with Gasteiger partial charge in [0.25, 0.3) is 11.8 Å². The third-order valence-electron chi connectivity index (χ3n) is 7.63. The number of amides is 4. The Morgan fingerprint density at radius 3 is 2.54 bits per heavy atom. The average Bonchev–Trinajstić information content (AvgIpc) is 3.05. The average molecular weight is 642 g/mol. The van der Waals surface area contributed by atoms with Crippen molar-refractivity contribution in [1.82, 2.24) is 25.8 Å². The minimum atomic E-state index is -1.20. The van der Waals surface area contributed by atoms with E-state index in [1.165, 1.54) is 14.0 Å². The molecule has 2 atom stereocenters. The van der Waals surface area contributed by atoms with Gasteiger partial charge >= 0.3 is 0 Å². The Labute approximate surface area is 268 Å². The summed E-state index contributed by atoms with van der Waals surface area (Å²) in [6.07, 6.45) is -1.16. The van der Waals surface area contributed by atoms with Gasteiger partial charge in [-0.05, 0) is 49.2 Å². The number of ether oxygens (including phenoxy) is 4. The fourth-order valence-corrected chi connectivity index (χ4v) is 5.03. The number of aryl methyl sites for hydroxylation is 1. The van der Waals surface area contributed by atoms with Crippen LogP contribution in [0.25, 0.3) is 0 Å². The van der Waals surface area contributed by atoms with Gasteiger partial charge in [-0.25, -0.2) is 0 Å². The van der Waals surface area contributed by atoms with Crippen molar-refractivity contribution in [2.45, 2.75) is 32.5 Å². The smallest absolute Gasteiger partial charge is 0.260 e. The first-order valence-corrected chi connectivity index (χ1v) is 15.3. The van der Waals surface area contributed by atoms with Gasteiger partial charge in [0, 0.05) is 38.3 Å². The number of methoxy groups -OCH3 is 1. The van der Waals surface area contributed by atoms with E-state index >= 15 is 0 Å². The van der Waals surface area contributed by atoms with Crippen molar-refractivity contribution in [3.63, 3.8) is 0 Å². The molecule has 4 amide bonds. The van der Waals surface area contributed by atoms with Crippen molar-refractivity contribution < 1.29 is 43.2 Å². The lowest BCUT2D eigenvalue weighted by Crippen LogP contribution is -2.53. The summed E-state index contributed by atoms with van der Waals surface area (Å²) in [4.78, 5) is 54.9. The van der Waals surface area contributed by atoms with Crippen LogP contribution in [0.2, 0.25) is 0 Å². The lowest BCUT2D eigenvalue weighted by Gasteiger charge is -2.27. The van der Waals surface area contributed by atoms with E-state index in [0.717, 1.165) is 11.1 Å². The molecule has 0 radical (unpaired) electrons. The van der Waals surface area contributed by atoms with Crippen LogP contribution in [0.4, 0.5) is 0 Å². The number of fused-ring (bicyclic) bond motifs is 2. The number of nitrogens with one attached hydrogen (secondary N) is 3. The van der Waals surface area contributed by atoms with E-state index in [1.807, 2.05) is 17.9 Å². The van der Waals surface area contributed by atoms with Crippen LogP contribution in [0.3, 0.4) is 0 Å². The highest BCUT2D eigenvalue weighted by atomic mass is 16.5. The van der Waals surface area contributed by atoms with Gasteiger partial charge in [0.1, 0.15) is 18.4 Å². The van der Waals surface area contributed by atoms with Gasteiger partial charge in [-0.15, -0.1) is 0 Å². The van der Waals surface area contributed by atoms with Crippen LogP contribution in [-0.2, 0) is 25.7 Å². The molecule has 0 aromatic heterocycles. The number of carbonyl (C=O) groups is 4.